The fourth-order valence-corrected chi connectivity index (χ4v) is 3.50. The zero-order chi connectivity index (χ0) is 17.6. The molecule has 1 aliphatic carbocycles. The average molecular weight is 335 g/mol. The predicted molar refractivity (Wildman–Crippen MR) is 94.7 cm³/mol. The third kappa shape index (κ3) is 2.69. The van der Waals surface area contributed by atoms with E-state index in [0.29, 0.717) is 6.42 Å². The number of non-ortho nitro benzene ring substituents is 1. The van der Waals surface area contributed by atoms with E-state index in [9.17, 15) is 14.9 Å². The van der Waals surface area contributed by atoms with E-state index in [-0.39, 0.29) is 17.5 Å². The first-order chi connectivity index (χ1) is 12.0. The quantitative estimate of drug-likeness (QED) is 0.621. The Morgan fingerprint density at radius 2 is 1.96 bits per heavy atom. The molecular weight excluding hydrogens is 318 g/mol. The van der Waals surface area contributed by atoms with Gasteiger partial charge < -0.3 is 0 Å². The number of fused-ring (bicyclic) bond motifs is 3. The smallest absolute Gasteiger partial charge is 0.270 e. The van der Waals surface area contributed by atoms with Gasteiger partial charge in [-0.15, -0.1) is 0 Å². The van der Waals surface area contributed by atoms with Crippen LogP contribution in [0.15, 0.2) is 47.6 Å². The first-order valence-electron chi connectivity index (χ1n) is 8.29. The van der Waals surface area contributed by atoms with E-state index in [4.69, 9.17) is 0 Å². The van der Waals surface area contributed by atoms with Gasteiger partial charge in [0.15, 0.2) is 0 Å². The zero-order valence-corrected chi connectivity index (χ0v) is 13.8. The molecular formula is C19H17N3O3. The number of nitro groups is 1. The molecule has 0 saturated heterocycles. The van der Waals surface area contributed by atoms with Gasteiger partial charge in [0.25, 0.3) is 5.69 Å². The molecule has 25 heavy (non-hydrogen) atoms. The molecule has 0 saturated carbocycles. The lowest BCUT2D eigenvalue weighted by atomic mass is 9.79. The van der Waals surface area contributed by atoms with E-state index in [1.54, 1.807) is 12.1 Å². The highest BCUT2D eigenvalue weighted by atomic mass is 16.6. The molecule has 6 nitrogen and oxygen atoms in total. The number of carbonyl (C=O) groups is 1. The minimum Gasteiger partial charge on any atom is -0.273 e. The van der Waals surface area contributed by atoms with E-state index in [2.05, 4.69) is 5.10 Å². The Kier molecular flexibility index (Phi) is 3.60. The van der Waals surface area contributed by atoms with Crippen molar-refractivity contribution in [3.8, 4) is 0 Å². The average Bonchev–Trinajstić information content (AvgIpc) is 2.61. The van der Waals surface area contributed by atoms with Gasteiger partial charge >= 0.3 is 0 Å². The van der Waals surface area contributed by atoms with Crippen molar-refractivity contribution in [1.82, 2.24) is 0 Å². The number of hydrogen-bond acceptors (Lipinski definition) is 4. The summed E-state index contributed by atoms with van der Waals surface area (Å²) >= 11 is 0. The Balaban J connectivity index is 1.81. The maximum absolute atomic E-state index is 12.5. The minimum absolute atomic E-state index is 0.0312. The number of amides is 1. The first-order valence-corrected chi connectivity index (χ1v) is 8.29. The number of carbonyl (C=O) groups excluding carboxylic acids is 1. The maximum Gasteiger partial charge on any atom is 0.270 e. The van der Waals surface area contributed by atoms with Gasteiger partial charge in [0.05, 0.1) is 16.3 Å². The number of aryl methyl sites for hydroxylation is 2. The fraction of sp³-hybridized carbons (Fsp3) is 0.263. The van der Waals surface area contributed by atoms with E-state index in [1.807, 2.05) is 31.2 Å². The van der Waals surface area contributed by atoms with Crippen LogP contribution in [0.5, 0.6) is 0 Å². The topological polar surface area (TPSA) is 75.8 Å². The number of nitrogens with zero attached hydrogens (tertiary/aromatic N) is 3. The van der Waals surface area contributed by atoms with Crippen LogP contribution in [-0.4, -0.2) is 16.5 Å². The highest BCUT2D eigenvalue weighted by molar-refractivity contribution is 6.11. The molecule has 1 aliphatic heterocycles. The Hall–Kier alpha value is -3.02. The third-order valence-corrected chi connectivity index (χ3v) is 4.87. The lowest BCUT2D eigenvalue weighted by Crippen LogP contribution is -2.39. The number of nitro benzene ring substituents is 1. The van der Waals surface area contributed by atoms with Gasteiger partial charge in [0.1, 0.15) is 0 Å². The van der Waals surface area contributed by atoms with Crippen LogP contribution < -0.4 is 5.01 Å². The molecule has 126 valence electrons. The van der Waals surface area contributed by atoms with Crippen LogP contribution in [0.3, 0.4) is 0 Å². The molecule has 2 aliphatic rings. The van der Waals surface area contributed by atoms with Crippen LogP contribution in [0.1, 0.15) is 29.5 Å². The van der Waals surface area contributed by atoms with E-state index in [1.165, 1.54) is 11.1 Å². The largest absolute Gasteiger partial charge is 0.273 e. The van der Waals surface area contributed by atoms with Gasteiger partial charge in [-0.25, -0.2) is 5.01 Å². The number of anilines is 1. The van der Waals surface area contributed by atoms with Gasteiger partial charge in [-0.05, 0) is 37.5 Å². The molecule has 1 heterocycles. The van der Waals surface area contributed by atoms with Crippen LogP contribution in [0.4, 0.5) is 11.4 Å². The number of hydrogen-bond donors (Lipinski definition) is 0. The highest BCUT2D eigenvalue weighted by Crippen LogP contribution is 2.35. The summed E-state index contributed by atoms with van der Waals surface area (Å²) in [5.74, 6) is -0.00446. The maximum atomic E-state index is 12.5. The standard InChI is InChI=1S/C19H17N3O3/c1-12-2-7-15(8-3-12)21-18(23)10-14-5-4-13-6-9-16(22(24)25)11-17(13)19(14)20-21/h2-3,6-9,11,14H,4-5,10H2,1H3. The molecule has 2 aromatic rings. The van der Waals surface area contributed by atoms with Crippen molar-refractivity contribution in [2.75, 3.05) is 5.01 Å². The summed E-state index contributed by atoms with van der Waals surface area (Å²) in [5, 5.41) is 17.2. The van der Waals surface area contributed by atoms with Crippen molar-refractivity contribution in [1.29, 1.82) is 0 Å². The van der Waals surface area contributed by atoms with Gasteiger partial charge in [-0.1, -0.05) is 23.8 Å². The van der Waals surface area contributed by atoms with Gasteiger partial charge in [0.2, 0.25) is 5.91 Å². The molecule has 2 aromatic carbocycles. The minimum atomic E-state index is -0.393. The van der Waals surface area contributed by atoms with Crippen LogP contribution in [-0.2, 0) is 11.2 Å². The van der Waals surface area contributed by atoms with Crippen molar-refractivity contribution in [2.24, 2.45) is 11.0 Å². The normalized spacial score (nSPS) is 19.1. The summed E-state index contributed by atoms with van der Waals surface area (Å²) in [4.78, 5) is 23.3. The van der Waals surface area contributed by atoms with Gasteiger partial charge in [-0.3, -0.25) is 14.9 Å². The molecule has 1 unspecified atom stereocenters. The number of hydrazone groups is 1. The molecule has 4 rings (SSSR count). The van der Waals surface area contributed by atoms with Crippen molar-refractivity contribution in [3.05, 3.63) is 69.3 Å². The molecule has 0 fully saturated rings. The Morgan fingerprint density at radius 1 is 1.20 bits per heavy atom. The molecule has 1 amide bonds. The number of rotatable bonds is 2. The second kappa shape index (κ2) is 5.81. The van der Waals surface area contributed by atoms with Crippen LogP contribution in [0.25, 0.3) is 0 Å². The van der Waals surface area contributed by atoms with E-state index >= 15 is 0 Å². The SMILES string of the molecule is Cc1ccc(N2N=C3c4cc([N+](=O)[O-])ccc4CCC3CC2=O)cc1. The molecule has 1 atom stereocenters. The van der Waals surface area contributed by atoms with Crippen molar-refractivity contribution >= 4 is 23.0 Å². The second-order valence-corrected chi connectivity index (χ2v) is 6.56. The van der Waals surface area contributed by atoms with Crippen LogP contribution in [0, 0.1) is 23.0 Å². The van der Waals surface area contributed by atoms with Gasteiger partial charge in [0, 0.05) is 30.0 Å². The summed E-state index contributed by atoms with van der Waals surface area (Å²) < 4.78 is 0. The molecule has 0 N–H and O–H groups in total. The summed E-state index contributed by atoms with van der Waals surface area (Å²) in [5.41, 5.74) is 4.52. The van der Waals surface area contributed by atoms with Gasteiger partial charge in [-0.2, -0.15) is 5.10 Å². The van der Waals surface area contributed by atoms with E-state index in [0.717, 1.165) is 40.9 Å². The summed E-state index contributed by atoms with van der Waals surface area (Å²) in [6, 6.07) is 12.5. The predicted octanol–water partition coefficient (Wildman–Crippen LogP) is 3.61. The Labute approximate surface area is 144 Å². The summed E-state index contributed by atoms with van der Waals surface area (Å²) in [6.45, 7) is 1.99. The highest BCUT2D eigenvalue weighted by Gasteiger charge is 2.35. The zero-order valence-electron chi connectivity index (χ0n) is 13.8. The lowest BCUT2D eigenvalue weighted by Gasteiger charge is -2.33. The monoisotopic (exact) mass is 335 g/mol. The van der Waals surface area contributed by atoms with Crippen molar-refractivity contribution in [2.45, 2.75) is 26.2 Å². The molecule has 6 heteroatoms. The molecule has 0 aromatic heterocycles. The molecule has 0 spiro atoms. The molecule has 0 radical (unpaired) electrons. The fourth-order valence-electron chi connectivity index (χ4n) is 3.50. The van der Waals surface area contributed by atoms with Crippen molar-refractivity contribution in [3.63, 3.8) is 0 Å². The number of benzene rings is 2. The van der Waals surface area contributed by atoms with Crippen LogP contribution >= 0.6 is 0 Å². The van der Waals surface area contributed by atoms with Crippen molar-refractivity contribution < 1.29 is 9.72 Å². The van der Waals surface area contributed by atoms with Crippen LogP contribution in [0.2, 0.25) is 0 Å². The Morgan fingerprint density at radius 3 is 2.68 bits per heavy atom. The van der Waals surface area contributed by atoms with E-state index < -0.39 is 4.92 Å². The molecule has 0 bridgehead atoms. The summed E-state index contributed by atoms with van der Waals surface area (Å²) in [6.07, 6.45) is 2.04. The lowest BCUT2D eigenvalue weighted by molar-refractivity contribution is -0.384. The first kappa shape index (κ1) is 15.5. The third-order valence-electron chi connectivity index (χ3n) is 4.87. The Bertz CT molecular complexity index is 903. The second-order valence-electron chi connectivity index (χ2n) is 6.56. The summed E-state index contributed by atoms with van der Waals surface area (Å²) in [7, 11) is 0.